The number of nitrogens with zero attached hydrogens (tertiary/aromatic N) is 1. The van der Waals surface area contributed by atoms with E-state index in [9.17, 15) is 9.90 Å². The monoisotopic (exact) mass is 269 g/mol. The summed E-state index contributed by atoms with van der Waals surface area (Å²) < 4.78 is 0. The van der Waals surface area contributed by atoms with Crippen molar-refractivity contribution in [2.45, 2.75) is 31.4 Å². The van der Waals surface area contributed by atoms with Gasteiger partial charge in [0.1, 0.15) is 6.54 Å². The molecule has 18 heavy (non-hydrogen) atoms. The van der Waals surface area contributed by atoms with Crippen LogP contribution in [0.25, 0.3) is 0 Å². The van der Waals surface area contributed by atoms with Crippen LogP contribution in [0, 0.1) is 0 Å². The number of carboxylic acids is 1. The van der Waals surface area contributed by atoms with Gasteiger partial charge in [-0.05, 0) is 37.5 Å². The van der Waals surface area contributed by atoms with Gasteiger partial charge in [0.25, 0.3) is 0 Å². The number of halogens is 1. The Hall–Kier alpha value is -1.26. The van der Waals surface area contributed by atoms with Crippen molar-refractivity contribution in [3.8, 4) is 0 Å². The molecular weight excluding hydrogens is 254 g/mol. The van der Waals surface area contributed by atoms with E-state index in [1.807, 2.05) is 6.07 Å². The Labute approximate surface area is 111 Å². The molecule has 2 atom stereocenters. The van der Waals surface area contributed by atoms with E-state index in [1.54, 1.807) is 23.1 Å². The molecule has 0 spiro atoms. The van der Waals surface area contributed by atoms with Crippen molar-refractivity contribution in [1.29, 1.82) is 0 Å². The Bertz CT molecular complexity index is 438. The van der Waals surface area contributed by atoms with E-state index in [0.717, 1.165) is 24.9 Å². The van der Waals surface area contributed by atoms with Gasteiger partial charge in [-0.2, -0.15) is 0 Å². The summed E-state index contributed by atoms with van der Waals surface area (Å²) in [5, 5.41) is 19.5. The molecule has 0 bridgehead atoms. The molecule has 1 fully saturated rings. The van der Waals surface area contributed by atoms with E-state index in [2.05, 4.69) is 0 Å². The number of rotatable bonds is 4. The summed E-state index contributed by atoms with van der Waals surface area (Å²) >= 11 is 5.93. The van der Waals surface area contributed by atoms with Crippen LogP contribution in [-0.4, -0.2) is 34.9 Å². The van der Waals surface area contributed by atoms with Crippen LogP contribution in [0.15, 0.2) is 24.3 Å². The van der Waals surface area contributed by atoms with Gasteiger partial charge in [-0.15, -0.1) is 0 Å². The molecule has 0 radical (unpaired) electrons. The molecule has 2 unspecified atom stereocenters. The molecule has 1 aliphatic carbocycles. The lowest BCUT2D eigenvalue weighted by atomic mass is 10.1. The Morgan fingerprint density at radius 1 is 1.44 bits per heavy atom. The van der Waals surface area contributed by atoms with E-state index in [-0.39, 0.29) is 12.6 Å². The summed E-state index contributed by atoms with van der Waals surface area (Å²) in [6.07, 6.45) is 1.98. The van der Waals surface area contributed by atoms with Crippen molar-refractivity contribution in [2.75, 3.05) is 11.4 Å². The molecule has 4 nitrogen and oxygen atoms in total. The number of aliphatic hydroxyl groups excluding tert-OH is 1. The zero-order valence-electron chi connectivity index (χ0n) is 9.92. The SMILES string of the molecule is O=C(O)CN(c1cccc(Cl)c1)C1CCCC1O. The van der Waals surface area contributed by atoms with Gasteiger partial charge in [0.15, 0.2) is 0 Å². The zero-order valence-corrected chi connectivity index (χ0v) is 10.7. The number of aliphatic carboxylic acids is 1. The van der Waals surface area contributed by atoms with E-state index in [4.69, 9.17) is 16.7 Å². The van der Waals surface area contributed by atoms with Crippen LogP contribution in [0.2, 0.25) is 5.02 Å². The van der Waals surface area contributed by atoms with Crippen molar-refractivity contribution in [2.24, 2.45) is 0 Å². The first-order valence-electron chi connectivity index (χ1n) is 6.00. The second-order valence-electron chi connectivity index (χ2n) is 4.57. The van der Waals surface area contributed by atoms with Gasteiger partial charge in [0, 0.05) is 10.7 Å². The first kappa shape index (κ1) is 13.2. The van der Waals surface area contributed by atoms with Crippen LogP contribution in [0.4, 0.5) is 5.69 Å². The molecule has 0 aliphatic heterocycles. The maximum absolute atomic E-state index is 11.0. The van der Waals surface area contributed by atoms with Gasteiger partial charge in [0.2, 0.25) is 0 Å². The van der Waals surface area contributed by atoms with Crippen molar-refractivity contribution in [3.63, 3.8) is 0 Å². The normalized spacial score (nSPS) is 23.0. The lowest BCUT2D eigenvalue weighted by Crippen LogP contribution is -2.43. The zero-order chi connectivity index (χ0) is 13.1. The van der Waals surface area contributed by atoms with Gasteiger partial charge in [-0.1, -0.05) is 17.7 Å². The maximum atomic E-state index is 11.0. The quantitative estimate of drug-likeness (QED) is 0.879. The van der Waals surface area contributed by atoms with Crippen LogP contribution in [-0.2, 0) is 4.79 Å². The largest absolute Gasteiger partial charge is 0.480 e. The Morgan fingerprint density at radius 2 is 2.22 bits per heavy atom. The number of anilines is 1. The number of hydrogen-bond donors (Lipinski definition) is 2. The molecule has 2 rings (SSSR count). The molecule has 1 saturated carbocycles. The van der Waals surface area contributed by atoms with E-state index in [1.165, 1.54) is 0 Å². The summed E-state index contributed by atoms with van der Waals surface area (Å²) in [5.74, 6) is -0.908. The van der Waals surface area contributed by atoms with Crippen molar-refractivity contribution >= 4 is 23.3 Å². The summed E-state index contributed by atoms with van der Waals surface area (Å²) in [6.45, 7) is -0.123. The first-order chi connectivity index (χ1) is 8.58. The lowest BCUT2D eigenvalue weighted by molar-refractivity contribution is -0.135. The highest BCUT2D eigenvalue weighted by molar-refractivity contribution is 6.30. The number of carboxylic acid groups (broad SMARTS) is 1. The van der Waals surface area contributed by atoms with Crippen LogP contribution >= 0.6 is 11.6 Å². The molecule has 0 heterocycles. The van der Waals surface area contributed by atoms with Gasteiger partial charge in [-0.3, -0.25) is 4.79 Å². The van der Waals surface area contributed by atoms with E-state index < -0.39 is 12.1 Å². The Kier molecular flexibility index (Phi) is 4.09. The molecule has 98 valence electrons. The number of hydrogen-bond acceptors (Lipinski definition) is 3. The average molecular weight is 270 g/mol. The molecule has 2 N–H and O–H groups in total. The van der Waals surface area contributed by atoms with Crippen LogP contribution in [0.5, 0.6) is 0 Å². The molecular formula is C13H16ClNO3. The average Bonchev–Trinajstić information content (AvgIpc) is 2.72. The second-order valence-corrected chi connectivity index (χ2v) is 5.00. The standard InChI is InChI=1S/C13H16ClNO3/c14-9-3-1-4-10(7-9)15(8-13(17)18)11-5-2-6-12(11)16/h1,3-4,7,11-12,16H,2,5-6,8H2,(H,17,18). The predicted molar refractivity (Wildman–Crippen MR) is 70.1 cm³/mol. The minimum Gasteiger partial charge on any atom is -0.480 e. The topological polar surface area (TPSA) is 60.8 Å². The number of aliphatic hydroxyl groups is 1. The van der Waals surface area contributed by atoms with Gasteiger partial charge < -0.3 is 15.1 Å². The third kappa shape index (κ3) is 2.94. The molecule has 0 amide bonds. The highest BCUT2D eigenvalue weighted by Gasteiger charge is 2.32. The van der Waals surface area contributed by atoms with Gasteiger partial charge >= 0.3 is 5.97 Å². The predicted octanol–water partition coefficient (Wildman–Crippen LogP) is 2.14. The molecule has 0 aromatic heterocycles. The first-order valence-corrected chi connectivity index (χ1v) is 6.38. The van der Waals surface area contributed by atoms with Crippen molar-refractivity contribution in [1.82, 2.24) is 0 Å². The van der Waals surface area contributed by atoms with Crippen LogP contribution in [0.1, 0.15) is 19.3 Å². The summed E-state index contributed by atoms with van der Waals surface area (Å²) in [7, 11) is 0. The van der Waals surface area contributed by atoms with Crippen molar-refractivity contribution in [3.05, 3.63) is 29.3 Å². The Balaban J connectivity index is 2.27. The minimum absolute atomic E-state index is 0.123. The highest BCUT2D eigenvalue weighted by Crippen LogP contribution is 2.29. The molecule has 0 saturated heterocycles. The summed E-state index contributed by atoms with van der Waals surface area (Å²) in [6, 6.07) is 6.94. The third-order valence-electron chi connectivity index (χ3n) is 3.29. The fourth-order valence-corrected chi connectivity index (χ4v) is 2.67. The maximum Gasteiger partial charge on any atom is 0.323 e. The van der Waals surface area contributed by atoms with Crippen LogP contribution < -0.4 is 4.90 Å². The van der Waals surface area contributed by atoms with E-state index >= 15 is 0 Å². The molecule has 1 aromatic rings. The fraction of sp³-hybridized carbons (Fsp3) is 0.462. The second kappa shape index (κ2) is 5.59. The van der Waals surface area contributed by atoms with E-state index in [0.29, 0.717) is 5.02 Å². The Morgan fingerprint density at radius 3 is 2.78 bits per heavy atom. The van der Waals surface area contributed by atoms with Gasteiger partial charge in [-0.25, -0.2) is 0 Å². The highest BCUT2D eigenvalue weighted by atomic mass is 35.5. The molecule has 1 aromatic carbocycles. The van der Waals surface area contributed by atoms with Crippen molar-refractivity contribution < 1.29 is 15.0 Å². The van der Waals surface area contributed by atoms with Gasteiger partial charge in [0.05, 0.1) is 12.1 Å². The minimum atomic E-state index is -0.908. The lowest BCUT2D eigenvalue weighted by Gasteiger charge is -2.31. The summed E-state index contributed by atoms with van der Waals surface area (Å²) in [4.78, 5) is 12.7. The molecule has 5 heteroatoms. The van der Waals surface area contributed by atoms with Crippen LogP contribution in [0.3, 0.4) is 0 Å². The third-order valence-corrected chi connectivity index (χ3v) is 3.52. The molecule has 1 aliphatic rings. The fourth-order valence-electron chi connectivity index (χ4n) is 2.48. The smallest absolute Gasteiger partial charge is 0.323 e. The summed E-state index contributed by atoms with van der Waals surface area (Å²) in [5.41, 5.74) is 0.746. The number of benzene rings is 1. The number of carbonyl (C=O) groups is 1.